The van der Waals surface area contributed by atoms with Crippen molar-refractivity contribution < 1.29 is 143 Å². The summed E-state index contributed by atoms with van der Waals surface area (Å²) in [6.07, 6.45) is -6.53. The van der Waals surface area contributed by atoms with Gasteiger partial charge in [0.1, 0.15) is 36.6 Å². The SMILES string of the molecule is CCN(CC)C(=O)[O-].CCN(CC)C(=O)[O-].CCN(CC)C(=O)[O-].CCN(CC)C(=O)[O-].CCN(CC)C(=O)[O-].CCN(CC)C(=O)[O-].[O-2].[Zn+2].[Zn+2].[Zn+2].[Zn+2]. The summed E-state index contributed by atoms with van der Waals surface area (Å²) in [6.45, 7) is 27.5. The van der Waals surface area contributed by atoms with Gasteiger partial charge in [-0.1, -0.05) is 0 Å². The van der Waals surface area contributed by atoms with Crippen molar-refractivity contribution in [2.24, 2.45) is 0 Å². The maximum atomic E-state index is 9.98. The number of hydrogen-bond acceptors (Lipinski definition) is 12. The number of amides is 6. The second-order valence-electron chi connectivity index (χ2n) is 8.63. The molecule has 19 nitrogen and oxygen atoms in total. The zero-order valence-electron chi connectivity index (χ0n) is 34.3. The second-order valence-corrected chi connectivity index (χ2v) is 8.63. The van der Waals surface area contributed by atoms with Gasteiger partial charge in [-0.2, -0.15) is 0 Å². The Hall–Kier alpha value is -1.93. The summed E-state index contributed by atoms with van der Waals surface area (Å²) in [5.41, 5.74) is 0. The van der Waals surface area contributed by atoms with Crippen molar-refractivity contribution in [3.63, 3.8) is 0 Å². The smallest absolute Gasteiger partial charge is 2.00 e. The molecule has 0 radical (unpaired) electrons. The molecule has 296 valence electrons. The average molecular weight is 974 g/mol. The van der Waals surface area contributed by atoms with E-state index in [2.05, 4.69) is 0 Å². The first kappa shape index (κ1) is 79.7. The van der Waals surface area contributed by atoms with Crippen LogP contribution in [0.5, 0.6) is 0 Å². The standard InChI is InChI=1S/6C5H11NO2.O.4Zn/c6*1-3-6(4-2)5(7)8;;;;;/h6*3-4H2,1-2H3,(H,7,8);;;;;/q;;;;;;-2;4*+2/p-6. The van der Waals surface area contributed by atoms with E-state index in [-0.39, 0.29) is 83.4 Å². The number of carbonyl (C=O) groups excluding carboxylic acids is 6. The molecule has 0 spiro atoms. The number of rotatable bonds is 12. The number of nitrogens with zero attached hydrogens (tertiary/aromatic N) is 6. The molecule has 0 bridgehead atoms. The summed E-state index contributed by atoms with van der Waals surface area (Å²) in [5, 5.41) is 59.9. The van der Waals surface area contributed by atoms with E-state index < -0.39 is 36.6 Å². The monoisotopic (exact) mass is 968 g/mol. The molecule has 0 saturated heterocycles. The van der Waals surface area contributed by atoms with Crippen LogP contribution in [0.15, 0.2) is 0 Å². The molecule has 0 aliphatic carbocycles. The van der Waals surface area contributed by atoms with Crippen molar-refractivity contribution >= 4 is 36.6 Å². The van der Waals surface area contributed by atoms with Crippen LogP contribution in [0.1, 0.15) is 83.1 Å². The van der Waals surface area contributed by atoms with Gasteiger partial charge in [0.2, 0.25) is 0 Å². The Morgan fingerprint density at radius 3 is 0.321 bits per heavy atom. The van der Waals surface area contributed by atoms with E-state index in [1.807, 2.05) is 0 Å². The largest absolute Gasteiger partial charge is 2.00 e. The van der Waals surface area contributed by atoms with Gasteiger partial charge in [0, 0.05) is 78.5 Å². The Morgan fingerprint density at radius 1 is 0.264 bits per heavy atom. The van der Waals surface area contributed by atoms with E-state index in [0.717, 1.165) is 0 Å². The molecule has 0 aromatic heterocycles. The van der Waals surface area contributed by atoms with Crippen LogP contribution >= 0.6 is 0 Å². The minimum atomic E-state index is -1.09. The molecule has 53 heavy (non-hydrogen) atoms. The van der Waals surface area contributed by atoms with Crippen LogP contribution in [0.3, 0.4) is 0 Å². The van der Waals surface area contributed by atoms with E-state index in [9.17, 15) is 59.4 Å². The first-order valence-corrected chi connectivity index (χ1v) is 16.1. The van der Waals surface area contributed by atoms with Crippen molar-refractivity contribution in [3.05, 3.63) is 0 Å². The Kier molecular flexibility index (Phi) is 85.5. The van der Waals surface area contributed by atoms with Gasteiger partial charge in [0.25, 0.3) is 0 Å². The van der Waals surface area contributed by atoms with Crippen molar-refractivity contribution in [1.82, 2.24) is 29.4 Å². The van der Waals surface area contributed by atoms with Crippen LogP contribution in [-0.2, 0) is 83.4 Å². The van der Waals surface area contributed by atoms with E-state index in [1.54, 1.807) is 83.1 Å². The zero-order chi connectivity index (χ0) is 39.4. The predicted molar refractivity (Wildman–Crippen MR) is 171 cm³/mol. The van der Waals surface area contributed by atoms with E-state index in [4.69, 9.17) is 0 Å². The van der Waals surface area contributed by atoms with Crippen LogP contribution in [0.2, 0.25) is 0 Å². The summed E-state index contributed by atoms with van der Waals surface area (Å²) >= 11 is 0. The summed E-state index contributed by atoms with van der Waals surface area (Å²) in [5.74, 6) is 0. The second kappa shape index (κ2) is 56.8. The summed E-state index contributed by atoms with van der Waals surface area (Å²) in [4.78, 5) is 67.2. The maximum Gasteiger partial charge on any atom is 2.00 e. The Balaban J connectivity index is -0.0000000436. The Labute approximate surface area is 368 Å². The molecule has 0 saturated carbocycles. The molecule has 0 unspecified atom stereocenters. The molecular formula is C30H60N6O13Zn4. The molecule has 0 atom stereocenters. The predicted octanol–water partition coefficient (Wildman–Crippen LogP) is -2.10. The van der Waals surface area contributed by atoms with Gasteiger partial charge in [0.15, 0.2) is 0 Å². The van der Waals surface area contributed by atoms with Crippen molar-refractivity contribution in [1.29, 1.82) is 0 Å². The third kappa shape index (κ3) is 54.5. The Bertz CT molecular complexity index is 664. The normalized spacial score (nSPS) is 7.92. The fourth-order valence-electron chi connectivity index (χ4n) is 2.89. The molecule has 6 amide bonds. The van der Waals surface area contributed by atoms with Crippen LogP contribution in [0.25, 0.3) is 0 Å². The third-order valence-corrected chi connectivity index (χ3v) is 6.13. The molecule has 0 rings (SSSR count). The van der Waals surface area contributed by atoms with E-state index in [1.165, 1.54) is 29.4 Å². The van der Waals surface area contributed by atoms with Gasteiger partial charge >= 0.3 is 77.9 Å². The molecular weight excluding hydrogens is 914 g/mol. The van der Waals surface area contributed by atoms with Gasteiger partial charge in [0.05, 0.1) is 0 Å². The summed E-state index contributed by atoms with van der Waals surface area (Å²) in [7, 11) is 0. The van der Waals surface area contributed by atoms with Gasteiger partial charge in [-0.15, -0.1) is 0 Å². The van der Waals surface area contributed by atoms with E-state index >= 15 is 0 Å². The average Bonchev–Trinajstić information content (AvgIpc) is 3.01. The summed E-state index contributed by atoms with van der Waals surface area (Å²) in [6, 6.07) is 0. The Morgan fingerprint density at radius 2 is 0.321 bits per heavy atom. The van der Waals surface area contributed by atoms with Gasteiger partial charge < -0.3 is 94.3 Å². The van der Waals surface area contributed by atoms with Crippen molar-refractivity contribution in [2.75, 3.05) is 78.5 Å². The molecule has 0 aromatic rings. The minimum Gasteiger partial charge on any atom is -2.00 e. The van der Waals surface area contributed by atoms with Crippen molar-refractivity contribution in [3.8, 4) is 0 Å². The first-order chi connectivity index (χ1) is 22.3. The summed E-state index contributed by atoms with van der Waals surface area (Å²) < 4.78 is 0. The zero-order valence-corrected chi connectivity index (χ0v) is 46.2. The first-order valence-electron chi connectivity index (χ1n) is 16.1. The van der Waals surface area contributed by atoms with Crippen molar-refractivity contribution in [2.45, 2.75) is 83.1 Å². The van der Waals surface area contributed by atoms with Crippen LogP contribution in [-0.4, -0.2) is 144 Å². The topological polar surface area (TPSA) is 289 Å². The van der Waals surface area contributed by atoms with Crippen LogP contribution in [0, 0.1) is 0 Å². The maximum absolute atomic E-state index is 9.98. The van der Waals surface area contributed by atoms with Gasteiger partial charge in [-0.3, -0.25) is 0 Å². The molecule has 0 aliphatic heterocycles. The molecule has 0 heterocycles. The van der Waals surface area contributed by atoms with Gasteiger partial charge in [-0.25, -0.2) is 0 Å². The van der Waals surface area contributed by atoms with E-state index in [0.29, 0.717) is 78.5 Å². The van der Waals surface area contributed by atoms with Crippen LogP contribution in [0.4, 0.5) is 28.8 Å². The quantitative estimate of drug-likeness (QED) is 0.190. The minimum absolute atomic E-state index is 0. The molecule has 23 heteroatoms. The van der Waals surface area contributed by atoms with Gasteiger partial charge in [-0.05, 0) is 83.1 Å². The number of carbonyl (C=O) groups is 6. The molecule has 0 aliphatic rings. The number of hydrogen-bond donors (Lipinski definition) is 0. The fraction of sp³-hybridized carbons (Fsp3) is 0.800. The number of carboxylic acid groups (broad SMARTS) is 6. The molecule has 0 N–H and O–H groups in total. The third-order valence-electron chi connectivity index (χ3n) is 6.13. The molecule has 0 fully saturated rings. The van der Waals surface area contributed by atoms with Crippen LogP contribution < -0.4 is 30.6 Å². The molecule has 0 aromatic carbocycles. The fourth-order valence-corrected chi connectivity index (χ4v) is 2.89.